The fourth-order valence-electron chi connectivity index (χ4n) is 4.41. The zero-order chi connectivity index (χ0) is 17.4. The van der Waals surface area contributed by atoms with Gasteiger partial charge < -0.3 is 14.2 Å². The van der Waals surface area contributed by atoms with Gasteiger partial charge in [-0.15, -0.1) is 0 Å². The Labute approximate surface area is 150 Å². The molecule has 2 saturated heterocycles. The minimum Gasteiger partial charge on any atom is -0.368 e. The molecule has 25 heavy (non-hydrogen) atoms. The molecule has 0 bridgehead atoms. The summed E-state index contributed by atoms with van der Waals surface area (Å²) in [5.41, 5.74) is 2.56. The highest BCUT2D eigenvalue weighted by atomic mass is 16.5. The van der Waals surface area contributed by atoms with Gasteiger partial charge in [0.05, 0.1) is 11.4 Å². The van der Waals surface area contributed by atoms with Gasteiger partial charge in [0.2, 0.25) is 0 Å². The maximum Gasteiger partial charge on any atom is 0.252 e. The summed E-state index contributed by atoms with van der Waals surface area (Å²) in [6, 6.07) is 0. The summed E-state index contributed by atoms with van der Waals surface area (Å²) in [6.07, 6.45) is 4.43. The van der Waals surface area contributed by atoms with E-state index in [1.165, 1.54) is 30.1 Å². The Hall–Kier alpha value is -1.40. The molecule has 1 aromatic rings. The quantitative estimate of drug-likeness (QED) is 0.834. The topological polar surface area (TPSA) is 50.6 Å². The Morgan fingerprint density at radius 2 is 2.00 bits per heavy atom. The summed E-state index contributed by atoms with van der Waals surface area (Å²) >= 11 is 0. The Bertz CT molecular complexity index is 634. The molecule has 3 aliphatic rings. The summed E-state index contributed by atoms with van der Waals surface area (Å²) in [7, 11) is 0. The molecule has 2 atom stereocenters. The molecule has 1 aromatic heterocycles. The van der Waals surface area contributed by atoms with Crippen LogP contribution in [-0.2, 0) is 29.0 Å². The van der Waals surface area contributed by atoms with Crippen LogP contribution in [0.2, 0.25) is 0 Å². The highest BCUT2D eigenvalue weighted by Crippen LogP contribution is 2.24. The average Bonchev–Trinajstić information content (AvgIpc) is 3.19. The van der Waals surface area contributed by atoms with Crippen LogP contribution in [0.3, 0.4) is 0 Å². The normalized spacial score (nSPS) is 27.5. The van der Waals surface area contributed by atoms with Crippen LogP contribution in [0.5, 0.6) is 0 Å². The number of aromatic nitrogens is 2. The van der Waals surface area contributed by atoms with E-state index in [9.17, 15) is 4.79 Å². The summed E-state index contributed by atoms with van der Waals surface area (Å²) in [5.74, 6) is 1.81. The van der Waals surface area contributed by atoms with Gasteiger partial charge in [0.1, 0.15) is 11.9 Å². The van der Waals surface area contributed by atoms with Gasteiger partial charge in [-0.1, -0.05) is 6.92 Å². The van der Waals surface area contributed by atoms with Crippen LogP contribution in [0.25, 0.3) is 0 Å². The number of rotatable bonds is 3. The predicted molar refractivity (Wildman–Crippen MR) is 95.3 cm³/mol. The molecule has 0 aliphatic carbocycles. The molecule has 138 valence electrons. The molecule has 6 heteroatoms. The van der Waals surface area contributed by atoms with Gasteiger partial charge in [-0.05, 0) is 32.1 Å². The first-order chi connectivity index (χ1) is 12.1. The van der Waals surface area contributed by atoms with Gasteiger partial charge in [-0.2, -0.15) is 0 Å². The van der Waals surface area contributed by atoms with Crippen molar-refractivity contribution in [3.8, 4) is 0 Å². The molecule has 0 aromatic carbocycles. The van der Waals surface area contributed by atoms with Crippen molar-refractivity contribution in [1.82, 2.24) is 19.4 Å². The van der Waals surface area contributed by atoms with Crippen molar-refractivity contribution in [3.63, 3.8) is 0 Å². The molecular weight excluding hydrogens is 316 g/mol. The van der Waals surface area contributed by atoms with Crippen molar-refractivity contribution in [2.24, 2.45) is 5.92 Å². The molecule has 0 saturated carbocycles. The Morgan fingerprint density at radius 3 is 2.72 bits per heavy atom. The molecule has 2 fully saturated rings. The largest absolute Gasteiger partial charge is 0.368 e. The summed E-state index contributed by atoms with van der Waals surface area (Å²) < 4.78 is 8.09. The number of amides is 1. The minimum absolute atomic E-state index is 0.197. The van der Waals surface area contributed by atoms with Crippen molar-refractivity contribution in [3.05, 3.63) is 17.2 Å². The third kappa shape index (κ3) is 3.34. The van der Waals surface area contributed by atoms with Crippen LogP contribution >= 0.6 is 0 Å². The van der Waals surface area contributed by atoms with Gasteiger partial charge in [-0.3, -0.25) is 9.69 Å². The summed E-state index contributed by atoms with van der Waals surface area (Å²) in [6.45, 7) is 10.5. The highest BCUT2D eigenvalue weighted by molar-refractivity contribution is 5.81. The van der Waals surface area contributed by atoms with Gasteiger partial charge >= 0.3 is 0 Å². The predicted octanol–water partition coefficient (Wildman–Crippen LogP) is 1.60. The van der Waals surface area contributed by atoms with E-state index in [2.05, 4.69) is 23.3 Å². The van der Waals surface area contributed by atoms with Gasteiger partial charge in [0.25, 0.3) is 5.91 Å². The molecule has 4 rings (SSSR count). The lowest BCUT2D eigenvalue weighted by atomic mass is 10.0. The fraction of sp³-hybridized carbons (Fsp3) is 0.789. The van der Waals surface area contributed by atoms with E-state index < -0.39 is 0 Å². The lowest BCUT2D eigenvalue weighted by Crippen LogP contribution is -2.52. The van der Waals surface area contributed by atoms with Crippen LogP contribution in [-0.4, -0.2) is 64.1 Å². The van der Waals surface area contributed by atoms with Crippen molar-refractivity contribution in [1.29, 1.82) is 0 Å². The zero-order valence-corrected chi connectivity index (χ0v) is 15.5. The van der Waals surface area contributed by atoms with E-state index >= 15 is 0 Å². The second-order valence-electron chi connectivity index (χ2n) is 7.83. The number of carbonyl (C=O) groups excluding carboxylic acids is 1. The van der Waals surface area contributed by atoms with Crippen LogP contribution in [0.15, 0.2) is 0 Å². The van der Waals surface area contributed by atoms with Crippen LogP contribution in [0, 0.1) is 12.8 Å². The monoisotopic (exact) mass is 346 g/mol. The molecule has 0 radical (unpaired) electrons. The molecule has 1 amide bonds. The van der Waals surface area contributed by atoms with Crippen LogP contribution < -0.4 is 0 Å². The smallest absolute Gasteiger partial charge is 0.252 e. The first-order valence-electron chi connectivity index (χ1n) is 9.81. The molecule has 0 unspecified atom stereocenters. The standard InChI is InChI=1S/C19H30N4O2/c1-14-6-12-25-18(14)19(24)22-10-8-21(9-11-22)13-16-15(2)20-17-5-3-4-7-23(16)17/h14,18H,3-13H2,1-2H3/t14-,18+/m0/s1. The zero-order valence-electron chi connectivity index (χ0n) is 15.5. The molecule has 0 N–H and O–H groups in total. The molecule has 0 spiro atoms. The number of ether oxygens (including phenoxy) is 1. The lowest BCUT2D eigenvalue weighted by molar-refractivity contribution is -0.144. The second kappa shape index (κ2) is 7.08. The number of carbonyl (C=O) groups is 1. The molecule has 3 aliphatic heterocycles. The van der Waals surface area contributed by atoms with E-state index in [1.807, 2.05) is 4.90 Å². The molecule has 4 heterocycles. The Balaban J connectivity index is 1.35. The van der Waals surface area contributed by atoms with Crippen LogP contribution in [0.1, 0.15) is 43.4 Å². The van der Waals surface area contributed by atoms with E-state index in [1.54, 1.807) is 0 Å². The first-order valence-corrected chi connectivity index (χ1v) is 9.81. The highest BCUT2D eigenvalue weighted by Gasteiger charge is 2.35. The van der Waals surface area contributed by atoms with Crippen molar-refractivity contribution in [2.45, 2.75) is 58.7 Å². The van der Waals surface area contributed by atoms with E-state index in [0.29, 0.717) is 5.92 Å². The third-order valence-corrected chi connectivity index (χ3v) is 6.07. The number of aryl methyl sites for hydroxylation is 2. The van der Waals surface area contributed by atoms with E-state index in [4.69, 9.17) is 9.72 Å². The molecule has 6 nitrogen and oxygen atoms in total. The van der Waals surface area contributed by atoms with Crippen molar-refractivity contribution in [2.75, 3.05) is 32.8 Å². The first kappa shape index (κ1) is 17.0. The number of hydrogen-bond donors (Lipinski definition) is 0. The Morgan fingerprint density at radius 1 is 1.20 bits per heavy atom. The average molecular weight is 346 g/mol. The number of piperazine rings is 1. The van der Waals surface area contributed by atoms with Crippen molar-refractivity contribution < 1.29 is 9.53 Å². The van der Waals surface area contributed by atoms with E-state index in [-0.39, 0.29) is 12.0 Å². The maximum atomic E-state index is 12.6. The Kier molecular flexibility index (Phi) is 4.82. The number of fused-ring (bicyclic) bond motifs is 1. The maximum absolute atomic E-state index is 12.6. The summed E-state index contributed by atoms with van der Waals surface area (Å²) in [4.78, 5) is 21.9. The SMILES string of the molecule is Cc1nc2n(c1CN1CCN(C(=O)[C@@H]3OCC[C@@H]3C)CC1)CCCC2. The van der Waals surface area contributed by atoms with E-state index in [0.717, 1.165) is 58.7 Å². The fourth-order valence-corrected chi connectivity index (χ4v) is 4.41. The molecular formula is C19H30N4O2. The van der Waals surface area contributed by atoms with Gasteiger partial charge in [-0.25, -0.2) is 4.98 Å². The van der Waals surface area contributed by atoms with Crippen LogP contribution in [0.4, 0.5) is 0 Å². The van der Waals surface area contributed by atoms with Crippen molar-refractivity contribution >= 4 is 5.91 Å². The van der Waals surface area contributed by atoms with Gasteiger partial charge in [0.15, 0.2) is 0 Å². The number of hydrogen-bond acceptors (Lipinski definition) is 4. The second-order valence-corrected chi connectivity index (χ2v) is 7.83. The number of nitrogens with zero attached hydrogens (tertiary/aromatic N) is 4. The lowest BCUT2D eigenvalue weighted by Gasteiger charge is -2.36. The van der Waals surface area contributed by atoms with Gasteiger partial charge in [0, 0.05) is 52.3 Å². The number of imidazole rings is 1. The third-order valence-electron chi connectivity index (χ3n) is 6.07. The summed E-state index contributed by atoms with van der Waals surface area (Å²) in [5, 5.41) is 0. The minimum atomic E-state index is -0.212.